The van der Waals surface area contributed by atoms with Crippen molar-refractivity contribution < 1.29 is 4.79 Å². The van der Waals surface area contributed by atoms with Gasteiger partial charge in [0, 0.05) is 23.5 Å². The SMILES string of the molecule is C=C/C=C\C(C(=C)N)=C(/C)CNNc1cccc(NC(=O)c2cccc(C)c2)c1.CC.CC. The summed E-state index contributed by atoms with van der Waals surface area (Å²) in [5.74, 6) is -0.141. The van der Waals surface area contributed by atoms with Crippen LogP contribution in [0.5, 0.6) is 0 Å². The maximum Gasteiger partial charge on any atom is 0.255 e. The van der Waals surface area contributed by atoms with Crippen LogP contribution in [0.1, 0.15) is 50.5 Å². The number of aryl methyl sites for hydroxylation is 1. The number of carbonyl (C=O) groups is 1. The minimum atomic E-state index is -0.141. The van der Waals surface area contributed by atoms with E-state index in [9.17, 15) is 4.79 Å². The number of hydrogen-bond acceptors (Lipinski definition) is 4. The van der Waals surface area contributed by atoms with Gasteiger partial charge in [-0.2, -0.15) is 0 Å². The normalized spacial score (nSPS) is 10.6. The number of nitrogens with one attached hydrogen (secondary N) is 3. The van der Waals surface area contributed by atoms with E-state index >= 15 is 0 Å². The van der Waals surface area contributed by atoms with Crippen LogP contribution in [-0.4, -0.2) is 12.5 Å². The Morgan fingerprint density at radius 1 is 1.03 bits per heavy atom. The molecule has 178 valence electrons. The Balaban J connectivity index is 0.00000242. The second-order valence-corrected chi connectivity index (χ2v) is 6.70. The van der Waals surface area contributed by atoms with E-state index in [2.05, 4.69) is 29.3 Å². The van der Waals surface area contributed by atoms with E-state index in [0.717, 1.165) is 22.4 Å². The lowest BCUT2D eigenvalue weighted by Crippen LogP contribution is -2.24. The number of carbonyl (C=O) groups excluding carboxylic acids is 1. The van der Waals surface area contributed by atoms with Crippen molar-refractivity contribution in [1.29, 1.82) is 0 Å². The predicted octanol–water partition coefficient (Wildman–Crippen LogP) is 6.75. The number of hydrazine groups is 1. The van der Waals surface area contributed by atoms with Crippen LogP contribution in [0.2, 0.25) is 0 Å². The first kappa shape index (κ1) is 29.4. The highest BCUT2D eigenvalue weighted by atomic mass is 16.1. The summed E-state index contributed by atoms with van der Waals surface area (Å²) < 4.78 is 0. The summed E-state index contributed by atoms with van der Waals surface area (Å²) >= 11 is 0. The molecule has 0 saturated carbocycles. The summed E-state index contributed by atoms with van der Waals surface area (Å²) in [5, 5.41) is 2.92. The molecule has 0 spiro atoms. The standard InChI is InChI=1S/C24H28N4O.2C2H6/c1-5-6-13-23(19(4)25)18(3)16-26-28-22-12-8-11-21(15-22)27-24(29)20-10-7-9-17(2)14-20;2*1-2/h5-15,26,28H,1,4,16,25H2,2-3H3,(H,27,29);2*1-2H3/b13-6-,23-18-;;. The molecular weight excluding hydrogens is 408 g/mol. The van der Waals surface area contributed by atoms with E-state index in [1.165, 1.54) is 0 Å². The Morgan fingerprint density at radius 2 is 1.67 bits per heavy atom. The van der Waals surface area contributed by atoms with E-state index in [0.29, 0.717) is 23.5 Å². The largest absolute Gasteiger partial charge is 0.399 e. The minimum absolute atomic E-state index is 0.141. The molecule has 5 heteroatoms. The van der Waals surface area contributed by atoms with Crippen LogP contribution in [0.3, 0.4) is 0 Å². The number of hydrogen-bond donors (Lipinski definition) is 4. The van der Waals surface area contributed by atoms with E-state index in [1.54, 1.807) is 12.1 Å². The molecule has 1 amide bonds. The first-order valence-corrected chi connectivity index (χ1v) is 11.3. The van der Waals surface area contributed by atoms with Crippen molar-refractivity contribution in [2.75, 3.05) is 17.3 Å². The van der Waals surface area contributed by atoms with Crippen LogP contribution in [0.4, 0.5) is 11.4 Å². The molecule has 2 rings (SSSR count). The van der Waals surface area contributed by atoms with E-state index < -0.39 is 0 Å². The summed E-state index contributed by atoms with van der Waals surface area (Å²) in [6.45, 7) is 20.0. The van der Waals surface area contributed by atoms with Crippen LogP contribution in [0.15, 0.2) is 96.8 Å². The third kappa shape index (κ3) is 11.0. The van der Waals surface area contributed by atoms with Gasteiger partial charge in [-0.15, -0.1) is 0 Å². The highest BCUT2D eigenvalue weighted by Gasteiger charge is 2.06. The Bertz CT molecular complexity index is 958. The number of nitrogens with two attached hydrogens (primary N) is 1. The molecule has 0 bridgehead atoms. The molecule has 2 aromatic carbocycles. The van der Waals surface area contributed by atoms with Crippen LogP contribution < -0.4 is 21.9 Å². The average Bonchev–Trinajstić information content (AvgIpc) is 2.82. The highest BCUT2D eigenvalue weighted by molar-refractivity contribution is 6.04. The van der Waals surface area contributed by atoms with E-state index in [1.807, 2.05) is 96.2 Å². The lowest BCUT2D eigenvalue weighted by molar-refractivity contribution is 0.102. The van der Waals surface area contributed by atoms with Crippen molar-refractivity contribution >= 4 is 17.3 Å². The third-order valence-electron chi connectivity index (χ3n) is 4.19. The predicted molar refractivity (Wildman–Crippen MR) is 145 cm³/mol. The van der Waals surface area contributed by atoms with E-state index in [-0.39, 0.29) is 5.91 Å². The summed E-state index contributed by atoms with van der Waals surface area (Å²) in [6.07, 6.45) is 5.40. The fraction of sp³-hybridized carbons (Fsp3) is 0.250. The molecule has 0 unspecified atom stereocenters. The average molecular weight is 449 g/mol. The van der Waals surface area contributed by atoms with Crippen LogP contribution in [-0.2, 0) is 0 Å². The minimum Gasteiger partial charge on any atom is -0.399 e. The van der Waals surface area contributed by atoms with Gasteiger partial charge in [-0.05, 0) is 55.3 Å². The molecule has 0 heterocycles. The van der Waals surface area contributed by atoms with Crippen molar-refractivity contribution in [3.8, 4) is 0 Å². The summed E-state index contributed by atoms with van der Waals surface area (Å²) in [5.41, 5.74) is 17.8. The van der Waals surface area contributed by atoms with Crippen LogP contribution >= 0.6 is 0 Å². The summed E-state index contributed by atoms with van der Waals surface area (Å²) in [6, 6.07) is 15.0. The number of rotatable bonds is 9. The molecule has 5 nitrogen and oxygen atoms in total. The molecule has 0 aromatic heterocycles. The second-order valence-electron chi connectivity index (χ2n) is 6.70. The van der Waals surface area contributed by atoms with Gasteiger partial charge in [-0.3, -0.25) is 4.79 Å². The zero-order valence-electron chi connectivity index (χ0n) is 21.0. The highest BCUT2D eigenvalue weighted by Crippen LogP contribution is 2.16. The van der Waals surface area contributed by atoms with Crippen molar-refractivity contribution in [3.63, 3.8) is 0 Å². The quantitative estimate of drug-likeness (QED) is 0.253. The Labute approximate surface area is 200 Å². The maximum absolute atomic E-state index is 12.4. The van der Waals surface area contributed by atoms with Crippen LogP contribution in [0, 0.1) is 6.92 Å². The number of amides is 1. The number of allylic oxidation sites excluding steroid dienone is 3. The zero-order chi connectivity index (χ0) is 25.2. The second kappa shape index (κ2) is 17.0. The van der Waals surface area contributed by atoms with Gasteiger partial charge in [-0.25, -0.2) is 5.43 Å². The Hall–Kier alpha value is -3.57. The van der Waals surface area contributed by atoms with Gasteiger partial charge in [0.25, 0.3) is 5.91 Å². The van der Waals surface area contributed by atoms with Crippen molar-refractivity contribution in [3.05, 3.63) is 108 Å². The van der Waals surface area contributed by atoms with Gasteiger partial charge in [0.1, 0.15) is 0 Å². The van der Waals surface area contributed by atoms with Crippen molar-refractivity contribution in [2.24, 2.45) is 5.73 Å². The smallest absolute Gasteiger partial charge is 0.255 e. The molecule has 0 aliphatic carbocycles. The fourth-order valence-electron chi connectivity index (χ4n) is 2.73. The Kier molecular flexibility index (Phi) is 15.2. The molecule has 0 saturated heterocycles. The number of benzene rings is 2. The van der Waals surface area contributed by atoms with Gasteiger partial charge in [-0.1, -0.05) is 82.8 Å². The topological polar surface area (TPSA) is 79.2 Å². The Morgan fingerprint density at radius 3 is 2.27 bits per heavy atom. The van der Waals surface area contributed by atoms with E-state index in [4.69, 9.17) is 5.73 Å². The molecule has 5 N–H and O–H groups in total. The van der Waals surface area contributed by atoms with Gasteiger partial charge >= 0.3 is 0 Å². The molecule has 0 atom stereocenters. The fourth-order valence-corrected chi connectivity index (χ4v) is 2.73. The lowest BCUT2D eigenvalue weighted by atomic mass is 10.1. The molecule has 33 heavy (non-hydrogen) atoms. The van der Waals surface area contributed by atoms with Gasteiger partial charge in [0.2, 0.25) is 0 Å². The van der Waals surface area contributed by atoms with Crippen molar-refractivity contribution in [2.45, 2.75) is 41.5 Å². The molecule has 0 fully saturated rings. The molecule has 0 aliphatic heterocycles. The zero-order valence-corrected chi connectivity index (χ0v) is 21.0. The molecule has 0 aliphatic rings. The van der Waals surface area contributed by atoms with Gasteiger partial charge in [0.15, 0.2) is 0 Å². The summed E-state index contributed by atoms with van der Waals surface area (Å²) in [7, 11) is 0. The molecular formula is C28H40N4O. The van der Waals surface area contributed by atoms with Crippen molar-refractivity contribution in [1.82, 2.24) is 5.43 Å². The van der Waals surface area contributed by atoms with Gasteiger partial charge < -0.3 is 16.5 Å². The first-order chi connectivity index (χ1) is 15.9. The number of anilines is 2. The third-order valence-corrected chi connectivity index (χ3v) is 4.19. The molecule has 0 radical (unpaired) electrons. The summed E-state index contributed by atoms with van der Waals surface area (Å²) in [4.78, 5) is 12.4. The van der Waals surface area contributed by atoms with Gasteiger partial charge in [0.05, 0.1) is 5.69 Å². The lowest BCUT2D eigenvalue weighted by Gasteiger charge is -2.13. The maximum atomic E-state index is 12.4. The first-order valence-electron chi connectivity index (χ1n) is 11.3. The molecule has 2 aromatic rings. The van der Waals surface area contributed by atoms with Crippen LogP contribution in [0.25, 0.3) is 0 Å². The monoisotopic (exact) mass is 448 g/mol.